The van der Waals surface area contributed by atoms with E-state index in [1.165, 1.54) is 26.2 Å². The molecule has 0 amide bonds. The lowest BCUT2D eigenvalue weighted by Gasteiger charge is -2.10. The molecule has 0 fully saturated rings. The van der Waals surface area contributed by atoms with Crippen LogP contribution in [-0.4, -0.2) is 27.7 Å². The third-order valence-corrected chi connectivity index (χ3v) is 5.10. The molecule has 148 valence electrons. The summed E-state index contributed by atoms with van der Waals surface area (Å²) in [5.74, 6) is -0.623. The molecule has 0 unspecified atom stereocenters. The number of imidazole rings is 1. The van der Waals surface area contributed by atoms with Gasteiger partial charge in [0.05, 0.1) is 29.1 Å². The largest absolute Gasteiger partial charge is 0.465 e. The van der Waals surface area contributed by atoms with Crippen molar-refractivity contribution in [1.82, 2.24) is 14.6 Å². The highest BCUT2D eigenvalue weighted by Crippen LogP contribution is 2.33. The first-order valence-corrected chi connectivity index (χ1v) is 8.78. The van der Waals surface area contributed by atoms with Crippen LogP contribution >= 0.6 is 23.2 Å². The Hall–Kier alpha value is -2.32. The predicted molar refractivity (Wildman–Crippen MR) is 98.1 cm³/mol. The van der Waals surface area contributed by atoms with Crippen molar-refractivity contribution in [3.8, 4) is 0 Å². The van der Waals surface area contributed by atoms with Gasteiger partial charge in [-0.1, -0.05) is 23.2 Å². The Kier molecular flexibility index (Phi) is 5.29. The van der Waals surface area contributed by atoms with Crippen LogP contribution in [0.2, 0.25) is 10.0 Å². The van der Waals surface area contributed by atoms with Crippen LogP contribution in [0, 0.1) is 13.8 Å². The van der Waals surface area contributed by atoms with E-state index in [4.69, 9.17) is 27.9 Å². The molecule has 0 aliphatic carbocycles. The lowest BCUT2D eigenvalue weighted by atomic mass is 10.0. The zero-order valence-corrected chi connectivity index (χ0v) is 16.5. The van der Waals surface area contributed by atoms with Gasteiger partial charge in [0.25, 0.3) is 0 Å². The van der Waals surface area contributed by atoms with Crippen molar-refractivity contribution in [1.29, 1.82) is 0 Å². The van der Waals surface area contributed by atoms with E-state index < -0.39 is 17.8 Å². The summed E-state index contributed by atoms with van der Waals surface area (Å²) in [5, 5.41) is 4.07. The molecular formula is C18H14Cl2F3N3O2. The average Bonchev–Trinajstić information content (AvgIpc) is 2.94. The minimum Gasteiger partial charge on any atom is -0.465 e. The van der Waals surface area contributed by atoms with Crippen LogP contribution in [0.3, 0.4) is 0 Å². The van der Waals surface area contributed by atoms with Crippen molar-refractivity contribution in [3.05, 3.63) is 62.0 Å². The summed E-state index contributed by atoms with van der Waals surface area (Å²) in [5.41, 5.74) is 1.05. The Balaban J connectivity index is 2.13. The first-order valence-electron chi connectivity index (χ1n) is 8.02. The van der Waals surface area contributed by atoms with Crippen molar-refractivity contribution in [2.75, 3.05) is 7.11 Å². The Morgan fingerprint density at radius 3 is 2.54 bits per heavy atom. The number of halogens is 5. The second-order valence-electron chi connectivity index (χ2n) is 6.15. The summed E-state index contributed by atoms with van der Waals surface area (Å²) < 4.78 is 45.0. The monoisotopic (exact) mass is 431 g/mol. The molecule has 0 saturated heterocycles. The van der Waals surface area contributed by atoms with E-state index in [1.807, 2.05) is 0 Å². The number of carbonyl (C=O) groups is 1. The third kappa shape index (κ3) is 3.54. The van der Waals surface area contributed by atoms with Gasteiger partial charge in [-0.15, -0.1) is 0 Å². The van der Waals surface area contributed by atoms with Gasteiger partial charge >= 0.3 is 12.1 Å². The standard InChI is InChI=1S/C18H14Cl2F3N3O2/c1-8-6-14(18(21,22)23)25-26-9(2)13(24-16(8)26)7-11-12(19)5-4-10(15(11)20)17(27)28-3/h4-6H,7H2,1-3H3. The second-order valence-corrected chi connectivity index (χ2v) is 6.93. The molecule has 3 rings (SSSR count). The number of rotatable bonds is 3. The van der Waals surface area contributed by atoms with Crippen LogP contribution in [0.1, 0.15) is 38.6 Å². The summed E-state index contributed by atoms with van der Waals surface area (Å²) >= 11 is 12.6. The van der Waals surface area contributed by atoms with Gasteiger partial charge in [0, 0.05) is 11.4 Å². The van der Waals surface area contributed by atoms with Crippen molar-refractivity contribution in [2.45, 2.75) is 26.4 Å². The molecule has 10 heteroatoms. The van der Waals surface area contributed by atoms with Gasteiger partial charge < -0.3 is 4.74 Å². The molecule has 28 heavy (non-hydrogen) atoms. The lowest BCUT2D eigenvalue weighted by Crippen LogP contribution is -2.12. The van der Waals surface area contributed by atoms with Crippen LogP contribution in [0.15, 0.2) is 18.2 Å². The average molecular weight is 432 g/mol. The fourth-order valence-corrected chi connectivity index (χ4v) is 3.40. The highest BCUT2D eigenvalue weighted by atomic mass is 35.5. The molecule has 0 N–H and O–H groups in total. The first-order chi connectivity index (χ1) is 13.0. The van der Waals surface area contributed by atoms with Gasteiger partial charge in [0.1, 0.15) is 0 Å². The van der Waals surface area contributed by atoms with Crippen molar-refractivity contribution in [2.24, 2.45) is 0 Å². The molecule has 2 aromatic heterocycles. The smallest absolute Gasteiger partial charge is 0.435 e. The number of aryl methyl sites for hydroxylation is 2. The van der Waals surface area contributed by atoms with Gasteiger partial charge in [-0.2, -0.15) is 18.3 Å². The number of nitrogens with zero attached hydrogens (tertiary/aromatic N) is 3. The number of esters is 1. The lowest BCUT2D eigenvalue weighted by molar-refractivity contribution is -0.141. The minimum absolute atomic E-state index is 0.108. The molecule has 0 bridgehead atoms. The van der Waals surface area contributed by atoms with Gasteiger partial charge in [0.2, 0.25) is 0 Å². The molecule has 0 aliphatic heterocycles. The van der Waals surface area contributed by atoms with E-state index in [9.17, 15) is 18.0 Å². The number of benzene rings is 1. The highest BCUT2D eigenvalue weighted by molar-refractivity contribution is 6.38. The van der Waals surface area contributed by atoms with E-state index >= 15 is 0 Å². The van der Waals surface area contributed by atoms with E-state index in [0.29, 0.717) is 33.2 Å². The normalized spacial score (nSPS) is 11.9. The fourth-order valence-electron chi connectivity index (χ4n) is 2.82. The van der Waals surface area contributed by atoms with E-state index in [-0.39, 0.29) is 17.0 Å². The number of ether oxygens (including phenoxy) is 1. The fraction of sp³-hybridized carbons (Fsp3) is 0.278. The summed E-state index contributed by atoms with van der Waals surface area (Å²) in [6.07, 6.45) is -4.46. The number of alkyl halides is 3. The van der Waals surface area contributed by atoms with Gasteiger partial charge in [0.15, 0.2) is 11.3 Å². The topological polar surface area (TPSA) is 56.5 Å². The molecular weight excluding hydrogens is 418 g/mol. The third-order valence-electron chi connectivity index (χ3n) is 4.32. The zero-order chi connectivity index (χ0) is 20.8. The Labute approximate surface area is 168 Å². The highest BCUT2D eigenvalue weighted by Gasteiger charge is 2.34. The number of fused-ring (bicyclic) bond motifs is 1. The van der Waals surface area contributed by atoms with Crippen LogP contribution in [-0.2, 0) is 17.3 Å². The number of hydrogen-bond donors (Lipinski definition) is 0. The predicted octanol–water partition coefficient (Wildman–Crippen LogP) is 5.05. The minimum atomic E-state index is -4.57. The first kappa shape index (κ1) is 20.4. The van der Waals surface area contributed by atoms with Crippen LogP contribution < -0.4 is 0 Å². The molecule has 0 saturated carbocycles. The zero-order valence-electron chi connectivity index (χ0n) is 15.0. The molecule has 1 aromatic carbocycles. The Morgan fingerprint density at radius 1 is 1.25 bits per heavy atom. The van der Waals surface area contributed by atoms with Crippen LogP contribution in [0.4, 0.5) is 13.2 Å². The molecule has 3 aromatic rings. The maximum atomic E-state index is 13.1. The van der Waals surface area contributed by atoms with E-state index in [2.05, 4.69) is 10.1 Å². The number of hydrogen-bond acceptors (Lipinski definition) is 4. The van der Waals surface area contributed by atoms with Crippen molar-refractivity contribution >= 4 is 34.8 Å². The van der Waals surface area contributed by atoms with Gasteiger partial charge in [-0.25, -0.2) is 14.3 Å². The SMILES string of the molecule is COC(=O)c1ccc(Cl)c(Cc2nc3c(C)cc(C(F)(F)F)nn3c2C)c1Cl. The van der Waals surface area contributed by atoms with Crippen molar-refractivity contribution in [3.63, 3.8) is 0 Å². The van der Waals surface area contributed by atoms with E-state index in [1.54, 1.807) is 6.92 Å². The van der Waals surface area contributed by atoms with E-state index in [0.717, 1.165) is 10.6 Å². The molecule has 0 aliphatic rings. The number of methoxy groups -OCH3 is 1. The maximum absolute atomic E-state index is 13.1. The van der Waals surface area contributed by atoms with Crippen LogP contribution in [0.5, 0.6) is 0 Å². The molecule has 0 radical (unpaired) electrons. The molecule has 0 atom stereocenters. The van der Waals surface area contributed by atoms with Crippen LogP contribution in [0.25, 0.3) is 5.65 Å². The number of aromatic nitrogens is 3. The Morgan fingerprint density at radius 2 is 1.93 bits per heavy atom. The van der Waals surface area contributed by atoms with Gasteiger partial charge in [-0.3, -0.25) is 0 Å². The second kappa shape index (κ2) is 7.25. The maximum Gasteiger partial charge on any atom is 0.435 e. The summed E-state index contributed by atoms with van der Waals surface area (Å²) in [4.78, 5) is 16.3. The molecule has 5 nitrogen and oxygen atoms in total. The summed E-state index contributed by atoms with van der Waals surface area (Å²) in [6.45, 7) is 3.13. The van der Waals surface area contributed by atoms with Crippen molar-refractivity contribution < 1.29 is 22.7 Å². The quantitative estimate of drug-likeness (QED) is 0.544. The molecule has 2 heterocycles. The summed E-state index contributed by atoms with van der Waals surface area (Å²) in [6, 6.07) is 3.90. The van der Waals surface area contributed by atoms with Gasteiger partial charge in [-0.05, 0) is 43.2 Å². The molecule has 0 spiro atoms. The summed E-state index contributed by atoms with van der Waals surface area (Å²) in [7, 11) is 1.23. The Bertz CT molecular complexity index is 1090. The number of carbonyl (C=O) groups excluding carboxylic acids is 1.